The fourth-order valence-corrected chi connectivity index (χ4v) is 3.27. The standard InChI is InChI=1S/C14H24N2O3SSi/c1-7-18-13(17)11-8-12(19-9-11)20(15)10-16-21(5,6)14(2,3)4/h8-9H,7,15H2,1-6H3. The van der Waals surface area contributed by atoms with Gasteiger partial charge in [0.2, 0.25) is 0 Å². The van der Waals surface area contributed by atoms with Gasteiger partial charge >= 0.3 is 5.97 Å². The van der Waals surface area contributed by atoms with Gasteiger partial charge in [0.1, 0.15) is 6.26 Å². The molecule has 0 aliphatic carbocycles. The summed E-state index contributed by atoms with van der Waals surface area (Å²) in [6.45, 7) is 12.9. The maximum atomic E-state index is 11.6. The van der Waals surface area contributed by atoms with Gasteiger partial charge in [0, 0.05) is 21.9 Å². The minimum atomic E-state index is -1.82. The van der Waals surface area contributed by atoms with Crippen LogP contribution in [0.15, 0.2) is 26.5 Å². The second-order valence-electron chi connectivity index (χ2n) is 6.22. The highest BCUT2D eigenvalue weighted by atomic mass is 32.2. The van der Waals surface area contributed by atoms with Crippen molar-refractivity contribution >= 4 is 30.0 Å². The van der Waals surface area contributed by atoms with E-state index in [1.165, 1.54) is 6.26 Å². The number of nitrogens with zero attached hydrogens (tertiary/aromatic N) is 1. The molecule has 0 fully saturated rings. The third-order valence-corrected chi connectivity index (χ3v) is 9.00. The summed E-state index contributed by atoms with van der Waals surface area (Å²) in [5, 5.41) is 9.62. The SMILES string of the molecule is CCOC(=O)c1coc(S(N)=C=N[Si](C)(C)C(C)(C)C)c1. The van der Waals surface area contributed by atoms with E-state index in [0.717, 1.165) is 0 Å². The van der Waals surface area contributed by atoms with E-state index >= 15 is 0 Å². The molecule has 0 aliphatic rings. The predicted molar refractivity (Wildman–Crippen MR) is 89.3 cm³/mol. The summed E-state index contributed by atoms with van der Waals surface area (Å²) in [5.41, 5.74) is 0.365. The van der Waals surface area contributed by atoms with Gasteiger partial charge in [-0.1, -0.05) is 20.8 Å². The molecule has 0 amide bonds. The Balaban J connectivity index is 3.01. The Morgan fingerprint density at radius 2 is 2.14 bits per heavy atom. The van der Waals surface area contributed by atoms with Gasteiger partial charge in [0.25, 0.3) is 0 Å². The maximum absolute atomic E-state index is 11.6. The molecule has 2 N–H and O–H groups in total. The molecule has 0 aliphatic heterocycles. The third-order valence-electron chi connectivity index (χ3n) is 3.56. The molecule has 7 heteroatoms. The van der Waals surface area contributed by atoms with Crippen LogP contribution in [0, 0.1) is 0 Å². The van der Waals surface area contributed by atoms with Crippen LogP contribution in [-0.4, -0.2) is 26.0 Å². The lowest BCUT2D eigenvalue weighted by Crippen LogP contribution is -2.34. The molecule has 0 radical (unpaired) electrons. The number of hydrogen-bond donors (Lipinski definition) is 1. The van der Waals surface area contributed by atoms with Crippen LogP contribution in [0.4, 0.5) is 0 Å². The number of carbonyl (C=O) groups is 1. The lowest BCUT2D eigenvalue weighted by Gasteiger charge is -2.31. The van der Waals surface area contributed by atoms with Gasteiger partial charge < -0.3 is 9.15 Å². The lowest BCUT2D eigenvalue weighted by atomic mass is 10.2. The number of furan rings is 1. The van der Waals surface area contributed by atoms with Crippen molar-refractivity contribution in [1.82, 2.24) is 0 Å². The van der Waals surface area contributed by atoms with Crippen LogP contribution in [0.5, 0.6) is 0 Å². The molecule has 0 aromatic carbocycles. The zero-order valence-electron chi connectivity index (χ0n) is 13.5. The van der Waals surface area contributed by atoms with Gasteiger partial charge in [0.15, 0.2) is 13.3 Å². The quantitative estimate of drug-likeness (QED) is 0.394. The summed E-state index contributed by atoms with van der Waals surface area (Å²) < 4.78 is 14.8. The first kappa shape index (κ1) is 17.9. The smallest absolute Gasteiger partial charge is 0.341 e. The summed E-state index contributed by atoms with van der Waals surface area (Å²) in [6.07, 6.45) is 1.36. The number of esters is 1. The molecule has 21 heavy (non-hydrogen) atoms. The van der Waals surface area contributed by atoms with Gasteiger partial charge in [0.05, 0.1) is 12.2 Å². The topological polar surface area (TPSA) is 77.8 Å². The molecule has 5 nitrogen and oxygen atoms in total. The van der Waals surface area contributed by atoms with E-state index in [2.05, 4.69) is 43.7 Å². The first-order valence-corrected chi connectivity index (χ1v) is 11.0. The summed E-state index contributed by atoms with van der Waals surface area (Å²) >= 11 is 0. The van der Waals surface area contributed by atoms with Crippen molar-refractivity contribution in [3.05, 3.63) is 17.9 Å². The van der Waals surface area contributed by atoms with Gasteiger partial charge in [-0.2, -0.15) is 0 Å². The van der Waals surface area contributed by atoms with Gasteiger partial charge in [-0.05, 0) is 25.1 Å². The van der Waals surface area contributed by atoms with E-state index < -0.39 is 24.9 Å². The van der Waals surface area contributed by atoms with Gasteiger partial charge in [-0.3, -0.25) is 9.80 Å². The largest absolute Gasteiger partial charge is 0.462 e. The van der Waals surface area contributed by atoms with Gasteiger partial charge in [-0.15, -0.1) is 0 Å². The van der Waals surface area contributed by atoms with Crippen LogP contribution in [0.1, 0.15) is 38.1 Å². The molecule has 1 aromatic rings. The van der Waals surface area contributed by atoms with Crippen molar-refractivity contribution in [1.29, 1.82) is 0 Å². The molecule has 0 saturated heterocycles. The first-order chi connectivity index (χ1) is 9.58. The number of carbonyl (C=O) groups excluding carboxylic acids is 1. The molecule has 1 unspecified atom stereocenters. The minimum absolute atomic E-state index is 0.128. The highest BCUT2D eigenvalue weighted by Gasteiger charge is 2.35. The van der Waals surface area contributed by atoms with Gasteiger partial charge in [-0.25, -0.2) is 4.79 Å². The minimum Gasteiger partial charge on any atom is -0.462 e. The Morgan fingerprint density at radius 1 is 1.52 bits per heavy atom. The average molecular weight is 329 g/mol. The van der Waals surface area contributed by atoms with Crippen molar-refractivity contribution in [3.63, 3.8) is 0 Å². The van der Waals surface area contributed by atoms with E-state index in [4.69, 9.17) is 14.3 Å². The third kappa shape index (κ3) is 4.67. The zero-order chi connectivity index (χ0) is 16.3. The van der Waals surface area contributed by atoms with Crippen LogP contribution < -0.4 is 5.14 Å². The lowest BCUT2D eigenvalue weighted by molar-refractivity contribution is 0.0525. The summed E-state index contributed by atoms with van der Waals surface area (Å²) in [5.74, 6) is -0.411. The molecular weight excluding hydrogens is 304 g/mol. The van der Waals surface area contributed by atoms with Crippen molar-refractivity contribution in [2.45, 2.75) is 50.9 Å². The van der Waals surface area contributed by atoms with Crippen LogP contribution in [0.2, 0.25) is 18.1 Å². The molecule has 1 aromatic heterocycles. The highest BCUT2D eigenvalue weighted by molar-refractivity contribution is 8.12. The Bertz CT molecular complexity index is 581. The normalized spacial score (nSPS) is 13.5. The van der Waals surface area contributed by atoms with E-state index in [-0.39, 0.29) is 5.04 Å². The summed E-state index contributed by atoms with van der Waals surface area (Å²) in [4.78, 5) is 11.6. The van der Waals surface area contributed by atoms with Crippen molar-refractivity contribution < 1.29 is 13.9 Å². The highest BCUT2D eigenvalue weighted by Crippen LogP contribution is 2.36. The number of isothiocyanates is 1. The van der Waals surface area contributed by atoms with E-state index in [9.17, 15) is 4.79 Å². The summed E-state index contributed by atoms with van der Waals surface area (Å²) in [6, 6.07) is 1.59. The molecular formula is C14H24N2O3SSi. The Hall–Kier alpha value is -1.14. The second kappa shape index (κ2) is 6.75. The molecule has 1 rings (SSSR count). The Kier molecular flexibility index (Phi) is 5.75. The zero-order valence-corrected chi connectivity index (χ0v) is 15.3. The van der Waals surface area contributed by atoms with Crippen molar-refractivity contribution in [2.24, 2.45) is 9.80 Å². The van der Waals surface area contributed by atoms with Crippen LogP contribution in [0.3, 0.4) is 0 Å². The monoisotopic (exact) mass is 328 g/mol. The Morgan fingerprint density at radius 3 is 2.67 bits per heavy atom. The molecule has 1 atom stereocenters. The predicted octanol–water partition coefficient (Wildman–Crippen LogP) is 3.87. The molecule has 0 spiro atoms. The molecule has 118 valence electrons. The molecule has 0 bridgehead atoms. The van der Waals surface area contributed by atoms with Crippen LogP contribution in [0.25, 0.3) is 0 Å². The van der Waals surface area contributed by atoms with Crippen molar-refractivity contribution in [3.8, 4) is 0 Å². The first-order valence-electron chi connectivity index (χ1n) is 6.80. The maximum Gasteiger partial charge on any atom is 0.341 e. The second-order valence-corrected chi connectivity index (χ2v) is 12.3. The van der Waals surface area contributed by atoms with Crippen LogP contribution >= 0.6 is 10.7 Å². The number of rotatable bonds is 4. The number of hydrogen-bond acceptors (Lipinski definition) is 5. The molecule has 1 heterocycles. The fourth-order valence-electron chi connectivity index (χ4n) is 1.13. The fraction of sp³-hybridized carbons (Fsp3) is 0.571. The summed E-state index contributed by atoms with van der Waals surface area (Å²) in [7, 11) is -2.69. The van der Waals surface area contributed by atoms with Crippen molar-refractivity contribution in [2.75, 3.05) is 6.61 Å². The van der Waals surface area contributed by atoms with Crippen LogP contribution in [-0.2, 0) is 4.74 Å². The Labute approximate surface area is 129 Å². The number of nitrogens with two attached hydrogens (primary N) is 1. The number of ether oxygens (including phenoxy) is 1. The van der Waals surface area contributed by atoms with E-state index in [1.54, 1.807) is 13.0 Å². The van der Waals surface area contributed by atoms with E-state index in [1.807, 2.05) is 0 Å². The van der Waals surface area contributed by atoms with E-state index in [0.29, 0.717) is 17.3 Å². The average Bonchev–Trinajstić information content (AvgIpc) is 2.84. The molecule has 0 saturated carbocycles.